The zero-order chi connectivity index (χ0) is 10.6. The maximum atomic E-state index is 11.4. The zero-order valence-electron chi connectivity index (χ0n) is 8.11. The Morgan fingerprint density at radius 2 is 2.43 bits per heavy atom. The van der Waals surface area contributed by atoms with Gasteiger partial charge in [-0.1, -0.05) is 6.92 Å². The molecular weight excluding hydrogens is 186 g/mol. The van der Waals surface area contributed by atoms with Crippen molar-refractivity contribution in [2.24, 2.45) is 0 Å². The number of nitrogens with one attached hydrogen (secondary N) is 2. The molecule has 1 unspecified atom stereocenters. The maximum Gasteiger partial charge on any atom is 0.293 e. The number of nitrogens with zero attached hydrogens (tertiary/aromatic N) is 3. The van der Waals surface area contributed by atoms with E-state index in [1.54, 1.807) is 6.92 Å². The normalized spacial score (nSPS) is 14.8. The highest BCUT2D eigenvalue weighted by Crippen LogP contribution is 2.07. The summed E-state index contributed by atoms with van der Waals surface area (Å²) < 4.78 is 0. The summed E-state index contributed by atoms with van der Waals surface area (Å²) in [5.41, 5.74) is -0.641. The fraction of sp³-hybridized carbons (Fsp3) is 0.714. The van der Waals surface area contributed by atoms with Crippen LogP contribution in [0, 0.1) is 0 Å². The summed E-state index contributed by atoms with van der Waals surface area (Å²) in [5.74, 6) is -0.477. The third-order valence-corrected chi connectivity index (χ3v) is 2.09. The van der Waals surface area contributed by atoms with Gasteiger partial charge in [0.05, 0.1) is 12.1 Å². The van der Waals surface area contributed by atoms with Crippen molar-refractivity contribution >= 4 is 5.91 Å². The van der Waals surface area contributed by atoms with Gasteiger partial charge in [-0.05, 0) is 18.6 Å². The average Bonchev–Trinajstić information content (AvgIpc) is 2.70. The first-order valence-electron chi connectivity index (χ1n) is 4.28. The third-order valence-electron chi connectivity index (χ3n) is 2.09. The fourth-order valence-corrected chi connectivity index (χ4v) is 0.828. The molecule has 0 saturated heterocycles. The second kappa shape index (κ2) is 4.14. The Balaban J connectivity index is 2.65. The first-order valence-corrected chi connectivity index (χ1v) is 4.28. The summed E-state index contributed by atoms with van der Waals surface area (Å²) in [6.07, 6.45) is 0.618. The van der Waals surface area contributed by atoms with E-state index in [2.05, 4.69) is 25.9 Å². The van der Waals surface area contributed by atoms with E-state index in [1.807, 2.05) is 6.92 Å². The number of carbonyl (C=O) groups is 1. The second-order valence-electron chi connectivity index (χ2n) is 3.26. The van der Waals surface area contributed by atoms with Crippen molar-refractivity contribution < 1.29 is 9.90 Å². The lowest BCUT2D eigenvalue weighted by Crippen LogP contribution is -2.48. The second-order valence-corrected chi connectivity index (χ2v) is 3.26. The number of aromatic nitrogens is 4. The predicted octanol–water partition coefficient (Wildman–Crippen LogP) is -0.909. The Hall–Kier alpha value is -1.50. The van der Waals surface area contributed by atoms with Crippen LogP contribution in [0.2, 0.25) is 0 Å². The number of aliphatic hydroxyl groups excluding tert-OH is 1. The van der Waals surface area contributed by atoms with E-state index in [-0.39, 0.29) is 12.4 Å². The number of amides is 1. The highest BCUT2D eigenvalue weighted by molar-refractivity contribution is 5.90. The number of hydrogen-bond acceptors (Lipinski definition) is 5. The Morgan fingerprint density at radius 1 is 1.71 bits per heavy atom. The highest BCUT2D eigenvalue weighted by atomic mass is 16.3. The average molecular weight is 199 g/mol. The molecule has 3 N–H and O–H groups in total. The Kier molecular flexibility index (Phi) is 3.13. The van der Waals surface area contributed by atoms with Crippen LogP contribution in [0.3, 0.4) is 0 Å². The van der Waals surface area contributed by atoms with E-state index in [1.165, 1.54) is 0 Å². The predicted molar refractivity (Wildman–Crippen MR) is 47.4 cm³/mol. The minimum Gasteiger partial charge on any atom is -0.394 e. The lowest BCUT2D eigenvalue weighted by Gasteiger charge is -2.26. The quantitative estimate of drug-likeness (QED) is 0.582. The molecule has 1 aromatic rings. The summed E-state index contributed by atoms with van der Waals surface area (Å²) in [6, 6.07) is 0. The minimum absolute atomic E-state index is 0.0295. The van der Waals surface area contributed by atoms with Crippen molar-refractivity contribution in [1.29, 1.82) is 0 Å². The Labute approximate surface area is 80.9 Å². The van der Waals surface area contributed by atoms with Gasteiger partial charge >= 0.3 is 0 Å². The van der Waals surface area contributed by atoms with Crippen molar-refractivity contribution in [3.63, 3.8) is 0 Å². The molecule has 0 spiro atoms. The maximum absolute atomic E-state index is 11.4. The van der Waals surface area contributed by atoms with Gasteiger partial charge in [-0.3, -0.25) is 4.79 Å². The van der Waals surface area contributed by atoms with Crippen molar-refractivity contribution in [2.45, 2.75) is 25.8 Å². The molecular formula is C7H13N5O2. The van der Waals surface area contributed by atoms with Gasteiger partial charge in [-0.25, -0.2) is 0 Å². The van der Waals surface area contributed by atoms with E-state index in [0.29, 0.717) is 6.42 Å². The number of tetrazole rings is 1. The number of aromatic amines is 1. The van der Waals surface area contributed by atoms with Crippen molar-refractivity contribution in [3.05, 3.63) is 5.82 Å². The zero-order valence-corrected chi connectivity index (χ0v) is 8.11. The topological polar surface area (TPSA) is 104 Å². The van der Waals surface area contributed by atoms with Gasteiger partial charge in [-0.15, -0.1) is 10.2 Å². The monoisotopic (exact) mass is 199 g/mol. The standard InChI is InChI=1S/C7H13N5O2/c1-3-7(2,4-13)8-6(14)5-9-11-12-10-5/h13H,3-4H2,1-2H3,(H,8,14)(H,9,10,11,12). The van der Waals surface area contributed by atoms with Gasteiger partial charge in [0.1, 0.15) is 0 Å². The summed E-state index contributed by atoms with van der Waals surface area (Å²) in [4.78, 5) is 11.4. The van der Waals surface area contributed by atoms with Gasteiger partial charge in [0.15, 0.2) is 0 Å². The van der Waals surface area contributed by atoms with Crippen LogP contribution in [0.1, 0.15) is 30.9 Å². The number of hydrogen-bond donors (Lipinski definition) is 3. The molecule has 1 atom stereocenters. The Morgan fingerprint density at radius 3 is 2.86 bits per heavy atom. The van der Waals surface area contributed by atoms with Crippen LogP contribution < -0.4 is 5.32 Å². The van der Waals surface area contributed by atoms with Crippen molar-refractivity contribution in [1.82, 2.24) is 25.9 Å². The van der Waals surface area contributed by atoms with Crippen LogP contribution in [0.4, 0.5) is 0 Å². The minimum atomic E-state index is -0.641. The van der Waals surface area contributed by atoms with E-state index >= 15 is 0 Å². The van der Waals surface area contributed by atoms with Crippen molar-refractivity contribution in [3.8, 4) is 0 Å². The molecule has 14 heavy (non-hydrogen) atoms. The van der Waals surface area contributed by atoms with E-state index in [4.69, 9.17) is 5.11 Å². The third kappa shape index (κ3) is 2.25. The summed E-state index contributed by atoms with van der Waals surface area (Å²) >= 11 is 0. The molecule has 0 aliphatic heterocycles. The van der Waals surface area contributed by atoms with Crippen LogP contribution >= 0.6 is 0 Å². The van der Waals surface area contributed by atoms with Gasteiger partial charge in [0, 0.05) is 0 Å². The molecule has 0 radical (unpaired) electrons. The molecule has 7 nitrogen and oxygen atoms in total. The van der Waals surface area contributed by atoms with Crippen LogP contribution in [-0.4, -0.2) is 43.8 Å². The van der Waals surface area contributed by atoms with Gasteiger partial charge in [0.25, 0.3) is 11.7 Å². The van der Waals surface area contributed by atoms with Crippen molar-refractivity contribution in [2.75, 3.05) is 6.61 Å². The fourth-order valence-electron chi connectivity index (χ4n) is 0.828. The smallest absolute Gasteiger partial charge is 0.293 e. The van der Waals surface area contributed by atoms with E-state index in [0.717, 1.165) is 0 Å². The first kappa shape index (κ1) is 10.6. The summed E-state index contributed by atoms with van der Waals surface area (Å²) in [6.45, 7) is 3.48. The lowest BCUT2D eigenvalue weighted by atomic mass is 10.0. The molecule has 0 bridgehead atoms. The molecule has 0 saturated carbocycles. The number of aliphatic hydroxyl groups is 1. The molecule has 0 aliphatic rings. The van der Waals surface area contributed by atoms with Gasteiger partial charge in [0.2, 0.25) is 0 Å². The number of rotatable bonds is 4. The van der Waals surface area contributed by atoms with Crippen LogP contribution in [0.5, 0.6) is 0 Å². The van der Waals surface area contributed by atoms with Crippen LogP contribution in [0.15, 0.2) is 0 Å². The number of carbonyl (C=O) groups excluding carboxylic acids is 1. The largest absolute Gasteiger partial charge is 0.394 e. The van der Waals surface area contributed by atoms with Crippen LogP contribution in [0.25, 0.3) is 0 Å². The van der Waals surface area contributed by atoms with E-state index in [9.17, 15) is 4.79 Å². The summed E-state index contributed by atoms with van der Waals surface area (Å²) in [7, 11) is 0. The van der Waals surface area contributed by atoms with E-state index < -0.39 is 11.4 Å². The molecule has 1 aromatic heterocycles. The molecule has 1 heterocycles. The molecule has 1 amide bonds. The molecule has 0 fully saturated rings. The highest BCUT2D eigenvalue weighted by Gasteiger charge is 2.25. The SMILES string of the molecule is CCC(C)(CO)NC(=O)c1nn[nH]n1. The molecule has 0 aromatic carbocycles. The molecule has 7 heteroatoms. The number of H-pyrrole nitrogens is 1. The van der Waals surface area contributed by atoms with Crippen LogP contribution in [-0.2, 0) is 0 Å². The molecule has 78 valence electrons. The summed E-state index contributed by atoms with van der Waals surface area (Å²) in [5, 5.41) is 24.2. The van der Waals surface area contributed by atoms with Gasteiger partial charge < -0.3 is 10.4 Å². The lowest BCUT2D eigenvalue weighted by molar-refractivity contribution is 0.0837. The van der Waals surface area contributed by atoms with Gasteiger partial charge in [-0.2, -0.15) is 5.21 Å². The molecule has 1 rings (SSSR count). The molecule has 0 aliphatic carbocycles. The first-order chi connectivity index (χ1) is 6.61. The Bertz CT molecular complexity index is 293.